The molecular formula is C26H41NO2. The number of aliphatic hydroxyl groups is 1. The van der Waals surface area contributed by atoms with Crippen molar-refractivity contribution in [1.29, 1.82) is 5.26 Å². The van der Waals surface area contributed by atoms with E-state index in [-0.39, 0.29) is 22.9 Å². The van der Waals surface area contributed by atoms with Gasteiger partial charge < -0.3 is 5.11 Å². The van der Waals surface area contributed by atoms with Gasteiger partial charge in [0.1, 0.15) is 5.78 Å². The molecule has 0 saturated heterocycles. The number of ketones is 1. The Morgan fingerprint density at radius 2 is 1.90 bits per heavy atom. The number of Topliss-reactive ketones (excluding diaryl/α,β-unsaturated/α-hetero) is 1. The van der Waals surface area contributed by atoms with Crippen LogP contribution in [0.5, 0.6) is 0 Å². The fourth-order valence-corrected chi connectivity index (χ4v) is 9.24. The molecule has 3 nitrogen and oxygen atoms in total. The fraction of sp³-hybridized carbons (Fsp3) is 0.923. The molecule has 10 atom stereocenters. The van der Waals surface area contributed by atoms with Crippen LogP contribution in [0.2, 0.25) is 0 Å². The fourth-order valence-electron chi connectivity index (χ4n) is 9.24. The highest BCUT2D eigenvalue weighted by Gasteiger charge is 2.65. The van der Waals surface area contributed by atoms with Gasteiger partial charge in [0, 0.05) is 17.8 Å². The molecule has 0 heterocycles. The number of aliphatic hydroxyl groups excluding tert-OH is 1. The normalized spacial score (nSPS) is 50.6. The number of carbonyl (C=O) groups is 1. The Hall–Kier alpha value is -0.880. The third kappa shape index (κ3) is 3.12. The van der Waals surface area contributed by atoms with E-state index in [2.05, 4.69) is 33.8 Å². The molecule has 0 aromatic carbocycles. The molecule has 0 aliphatic heterocycles. The van der Waals surface area contributed by atoms with Gasteiger partial charge in [-0.05, 0) is 98.7 Å². The Balaban J connectivity index is 1.74. The van der Waals surface area contributed by atoms with Crippen LogP contribution in [0.15, 0.2) is 0 Å². The standard InChI is InChI=1S/C26H41NO2/c1-5-20-18-14-17(6-7-19(28)15-18)22-10-12-25(3)21(16(2)11-13-27)8-9-23(25)26(22,4)24(20)29/h16-23,28H,5-12,14-15H2,1-4H3/t16-,17-,18+,19-,20-,21-,22-,23-,25-,26-/m1/s1. The van der Waals surface area contributed by atoms with Gasteiger partial charge in [-0.3, -0.25) is 4.79 Å². The van der Waals surface area contributed by atoms with Crippen molar-refractivity contribution in [3.63, 3.8) is 0 Å². The molecule has 4 aliphatic carbocycles. The molecule has 0 radical (unpaired) electrons. The summed E-state index contributed by atoms with van der Waals surface area (Å²) < 4.78 is 0. The zero-order valence-electron chi connectivity index (χ0n) is 19.0. The van der Waals surface area contributed by atoms with Crippen LogP contribution in [-0.4, -0.2) is 17.0 Å². The predicted octanol–water partition coefficient (Wildman–Crippen LogP) is 5.76. The quantitative estimate of drug-likeness (QED) is 0.656. The first kappa shape index (κ1) is 21.4. The molecule has 4 fully saturated rings. The van der Waals surface area contributed by atoms with Gasteiger partial charge in [-0.25, -0.2) is 0 Å². The first-order valence-corrected chi connectivity index (χ1v) is 12.4. The second kappa shape index (κ2) is 7.67. The van der Waals surface area contributed by atoms with Crippen molar-refractivity contribution in [1.82, 2.24) is 0 Å². The number of rotatable bonds is 3. The number of fused-ring (bicyclic) bond motifs is 6. The third-order valence-corrected chi connectivity index (χ3v) is 10.5. The molecule has 0 aromatic rings. The number of nitrogens with zero attached hydrogens (tertiary/aromatic N) is 1. The van der Waals surface area contributed by atoms with Gasteiger partial charge in [0.05, 0.1) is 12.2 Å². The SMILES string of the molecule is CC[C@H]1C(=O)[C@]2(C)[C@H](CC[C@]3(C)[C@@H]([C@H](C)CC#N)CC[C@H]32)[C@@H]2CC[C@@H](O)C[C@@H]1C2. The summed E-state index contributed by atoms with van der Waals surface area (Å²) in [5.41, 5.74) is -0.0139. The van der Waals surface area contributed by atoms with E-state index >= 15 is 0 Å². The maximum Gasteiger partial charge on any atom is 0.142 e. The molecule has 1 N–H and O–H groups in total. The van der Waals surface area contributed by atoms with Crippen LogP contribution in [0, 0.1) is 63.6 Å². The Morgan fingerprint density at radius 1 is 1.14 bits per heavy atom. The summed E-state index contributed by atoms with van der Waals surface area (Å²) in [5, 5.41) is 19.8. The monoisotopic (exact) mass is 399 g/mol. The highest BCUT2D eigenvalue weighted by atomic mass is 16.3. The summed E-state index contributed by atoms with van der Waals surface area (Å²) in [6, 6.07) is 2.41. The van der Waals surface area contributed by atoms with Gasteiger partial charge >= 0.3 is 0 Å². The molecule has 3 heteroatoms. The van der Waals surface area contributed by atoms with Crippen molar-refractivity contribution in [3.8, 4) is 6.07 Å². The Labute approximate surface area is 177 Å². The molecule has 4 saturated carbocycles. The average Bonchev–Trinajstić information content (AvgIpc) is 2.88. The lowest BCUT2D eigenvalue weighted by atomic mass is 9.47. The first-order chi connectivity index (χ1) is 13.8. The minimum atomic E-state index is -0.215. The van der Waals surface area contributed by atoms with Gasteiger partial charge in [0.25, 0.3) is 0 Å². The maximum atomic E-state index is 14.2. The van der Waals surface area contributed by atoms with Crippen molar-refractivity contribution in [2.75, 3.05) is 0 Å². The molecule has 2 bridgehead atoms. The summed E-state index contributed by atoms with van der Waals surface area (Å²) in [7, 11) is 0. The molecule has 0 unspecified atom stereocenters. The van der Waals surface area contributed by atoms with E-state index in [4.69, 9.17) is 0 Å². The number of hydrogen-bond acceptors (Lipinski definition) is 3. The molecular weight excluding hydrogens is 358 g/mol. The Kier molecular flexibility index (Phi) is 5.65. The van der Waals surface area contributed by atoms with Crippen LogP contribution < -0.4 is 0 Å². The van der Waals surface area contributed by atoms with Crippen LogP contribution in [0.1, 0.15) is 91.9 Å². The van der Waals surface area contributed by atoms with Gasteiger partial charge in [-0.15, -0.1) is 0 Å². The molecule has 0 aromatic heterocycles. The Morgan fingerprint density at radius 3 is 2.59 bits per heavy atom. The molecule has 162 valence electrons. The maximum absolute atomic E-state index is 14.2. The van der Waals surface area contributed by atoms with E-state index in [1.807, 2.05) is 0 Å². The van der Waals surface area contributed by atoms with E-state index in [1.54, 1.807) is 0 Å². The zero-order valence-corrected chi connectivity index (χ0v) is 19.0. The lowest BCUT2D eigenvalue weighted by Crippen LogP contribution is -2.55. The number of nitriles is 1. The minimum absolute atomic E-state index is 0.123. The van der Waals surface area contributed by atoms with E-state index in [0.717, 1.165) is 44.9 Å². The van der Waals surface area contributed by atoms with Crippen molar-refractivity contribution >= 4 is 5.78 Å². The second-order valence-electron chi connectivity index (χ2n) is 11.6. The highest BCUT2D eigenvalue weighted by Crippen LogP contribution is 2.69. The van der Waals surface area contributed by atoms with E-state index in [1.165, 1.54) is 12.8 Å². The van der Waals surface area contributed by atoms with E-state index in [0.29, 0.717) is 47.7 Å². The molecule has 0 spiro atoms. The van der Waals surface area contributed by atoms with Crippen molar-refractivity contribution in [2.24, 2.45) is 52.3 Å². The smallest absolute Gasteiger partial charge is 0.142 e. The summed E-state index contributed by atoms with van der Waals surface area (Å²) in [6.07, 6.45) is 10.1. The van der Waals surface area contributed by atoms with Crippen LogP contribution >= 0.6 is 0 Å². The third-order valence-electron chi connectivity index (χ3n) is 10.5. The van der Waals surface area contributed by atoms with Crippen LogP contribution in [0.3, 0.4) is 0 Å². The van der Waals surface area contributed by atoms with Gasteiger partial charge in [0.2, 0.25) is 0 Å². The average molecular weight is 400 g/mol. The summed E-state index contributed by atoms with van der Waals surface area (Å²) in [6.45, 7) is 9.27. The topological polar surface area (TPSA) is 61.1 Å². The molecule has 29 heavy (non-hydrogen) atoms. The minimum Gasteiger partial charge on any atom is -0.393 e. The summed E-state index contributed by atoms with van der Waals surface area (Å²) in [4.78, 5) is 14.2. The van der Waals surface area contributed by atoms with Crippen LogP contribution in [-0.2, 0) is 4.79 Å². The van der Waals surface area contributed by atoms with E-state index in [9.17, 15) is 15.2 Å². The van der Waals surface area contributed by atoms with Gasteiger partial charge in [-0.1, -0.05) is 27.7 Å². The summed E-state index contributed by atoms with van der Waals surface area (Å²) >= 11 is 0. The second-order valence-corrected chi connectivity index (χ2v) is 11.6. The van der Waals surface area contributed by atoms with Gasteiger partial charge in [-0.2, -0.15) is 5.26 Å². The van der Waals surface area contributed by atoms with Crippen molar-refractivity contribution < 1.29 is 9.90 Å². The predicted molar refractivity (Wildman–Crippen MR) is 115 cm³/mol. The molecule has 4 aliphatic rings. The largest absolute Gasteiger partial charge is 0.393 e. The van der Waals surface area contributed by atoms with Crippen molar-refractivity contribution in [3.05, 3.63) is 0 Å². The zero-order chi connectivity index (χ0) is 21.0. The van der Waals surface area contributed by atoms with E-state index < -0.39 is 0 Å². The summed E-state index contributed by atoms with van der Waals surface area (Å²) in [5.74, 6) is 3.59. The first-order valence-electron chi connectivity index (χ1n) is 12.4. The number of carbonyl (C=O) groups excluding carboxylic acids is 1. The molecule has 4 rings (SSSR count). The lowest BCUT2D eigenvalue weighted by molar-refractivity contribution is -0.153. The number of hydrogen-bond donors (Lipinski definition) is 1. The lowest BCUT2D eigenvalue weighted by Gasteiger charge is -2.56. The van der Waals surface area contributed by atoms with Crippen molar-refractivity contribution in [2.45, 2.75) is 98.0 Å². The van der Waals surface area contributed by atoms with Crippen LogP contribution in [0.25, 0.3) is 0 Å². The molecule has 0 amide bonds. The van der Waals surface area contributed by atoms with Crippen LogP contribution in [0.4, 0.5) is 0 Å². The van der Waals surface area contributed by atoms with Gasteiger partial charge in [0.15, 0.2) is 0 Å². The Bertz CT molecular complexity index is 683. The highest BCUT2D eigenvalue weighted by molar-refractivity contribution is 5.88.